The van der Waals surface area contributed by atoms with E-state index in [1.807, 2.05) is 24.3 Å². The lowest BCUT2D eigenvalue weighted by atomic mass is 10.1. The minimum absolute atomic E-state index is 0.346. The van der Waals surface area contributed by atoms with E-state index < -0.39 is 12.1 Å². The number of pyridine rings is 1. The quantitative estimate of drug-likeness (QED) is 0.471. The summed E-state index contributed by atoms with van der Waals surface area (Å²) in [4.78, 5) is 28.8. The van der Waals surface area contributed by atoms with Gasteiger partial charge in [-0.15, -0.1) is 0 Å². The van der Waals surface area contributed by atoms with Gasteiger partial charge in [0.05, 0.1) is 18.2 Å². The number of methoxy groups -OCH3 is 1. The molecule has 0 saturated heterocycles. The number of hydrogen-bond donors (Lipinski definition) is 1. The zero-order chi connectivity index (χ0) is 20.8. The Morgan fingerprint density at radius 1 is 1.10 bits per heavy atom. The van der Waals surface area contributed by atoms with Crippen LogP contribution in [0.15, 0.2) is 54.6 Å². The normalized spacial score (nSPS) is 11.7. The number of esters is 1. The second-order valence-electron chi connectivity index (χ2n) is 6.48. The Bertz CT molecular complexity index is 1020. The maximum absolute atomic E-state index is 12.4. The highest BCUT2D eigenvalue weighted by atomic mass is 35.5. The Labute approximate surface area is 173 Å². The molecule has 0 saturated carbocycles. The number of aromatic nitrogens is 1. The highest BCUT2D eigenvalue weighted by Crippen LogP contribution is 2.18. The summed E-state index contributed by atoms with van der Waals surface area (Å²) in [5.41, 5.74) is 2.10. The van der Waals surface area contributed by atoms with Gasteiger partial charge in [0.1, 0.15) is 10.9 Å². The predicted octanol–water partition coefficient (Wildman–Crippen LogP) is 3.80. The smallest absolute Gasteiger partial charge is 0.338 e. The van der Waals surface area contributed by atoms with E-state index in [-0.39, 0.29) is 5.91 Å². The number of benzene rings is 2. The molecule has 6 nitrogen and oxygen atoms in total. The lowest BCUT2D eigenvalue weighted by Crippen LogP contribution is -2.36. The summed E-state index contributed by atoms with van der Waals surface area (Å²) in [7, 11) is 1.61. The van der Waals surface area contributed by atoms with E-state index in [1.54, 1.807) is 44.4 Å². The van der Waals surface area contributed by atoms with Gasteiger partial charge in [0, 0.05) is 11.9 Å². The number of nitrogens with zero attached hydrogens (tertiary/aromatic N) is 1. The molecule has 29 heavy (non-hydrogen) atoms. The Kier molecular flexibility index (Phi) is 6.67. The van der Waals surface area contributed by atoms with Gasteiger partial charge in [-0.2, -0.15) is 0 Å². The number of carbonyl (C=O) groups excluding carboxylic acids is 2. The third-order valence-corrected chi connectivity index (χ3v) is 4.63. The van der Waals surface area contributed by atoms with Crippen LogP contribution >= 0.6 is 11.6 Å². The summed E-state index contributed by atoms with van der Waals surface area (Å²) in [5.74, 6) is -0.133. The van der Waals surface area contributed by atoms with E-state index >= 15 is 0 Å². The number of rotatable bonds is 7. The molecule has 0 aliphatic rings. The molecule has 1 unspecified atom stereocenters. The predicted molar refractivity (Wildman–Crippen MR) is 111 cm³/mol. The molecule has 1 N–H and O–H groups in total. The number of nitrogens with one attached hydrogen (secondary N) is 1. The molecule has 1 heterocycles. The number of halogens is 1. The van der Waals surface area contributed by atoms with Crippen LogP contribution in [0.2, 0.25) is 5.15 Å². The molecule has 1 aromatic heterocycles. The molecule has 0 fully saturated rings. The Hall–Kier alpha value is -3.12. The van der Waals surface area contributed by atoms with Crippen LogP contribution in [-0.4, -0.2) is 36.6 Å². The van der Waals surface area contributed by atoms with Gasteiger partial charge in [0.2, 0.25) is 0 Å². The molecule has 1 amide bonds. The maximum Gasteiger partial charge on any atom is 0.338 e. The van der Waals surface area contributed by atoms with Gasteiger partial charge in [-0.1, -0.05) is 23.7 Å². The zero-order valence-electron chi connectivity index (χ0n) is 16.1. The van der Waals surface area contributed by atoms with Crippen molar-refractivity contribution < 1.29 is 19.1 Å². The number of ether oxygens (including phenoxy) is 2. The van der Waals surface area contributed by atoms with Crippen molar-refractivity contribution in [1.82, 2.24) is 10.3 Å². The van der Waals surface area contributed by atoms with E-state index in [4.69, 9.17) is 21.1 Å². The summed E-state index contributed by atoms with van der Waals surface area (Å²) in [6.07, 6.45) is -0.242. The SMILES string of the molecule is COc1ccc(CCNC(=O)C(C)OC(=O)c2ccc3nc(Cl)ccc3c2)cc1. The first kappa shape index (κ1) is 20.6. The number of amides is 1. The summed E-state index contributed by atoms with van der Waals surface area (Å²) in [5, 5.41) is 3.93. The van der Waals surface area contributed by atoms with Crippen LogP contribution in [0.1, 0.15) is 22.8 Å². The van der Waals surface area contributed by atoms with Crippen molar-refractivity contribution >= 4 is 34.4 Å². The number of carbonyl (C=O) groups is 2. The Morgan fingerprint density at radius 3 is 2.59 bits per heavy atom. The van der Waals surface area contributed by atoms with Gasteiger partial charge in [-0.25, -0.2) is 9.78 Å². The third kappa shape index (κ3) is 5.45. The van der Waals surface area contributed by atoms with Gasteiger partial charge in [0.25, 0.3) is 5.91 Å². The molecule has 0 radical (unpaired) electrons. The van der Waals surface area contributed by atoms with Crippen molar-refractivity contribution in [3.05, 3.63) is 70.9 Å². The van der Waals surface area contributed by atoms with Crippen LogP contribution < -0.4 is 10.1 Å². The van der Waals surface area contributed by atoms with E-state index in [0.717, 1.165) is 16.7 Å². The second kappa shape index (κ2) is 9.39. The fourth-order valence-corrected chi connectivity index (χ4v) is 2.93. The molecule has 1 atom stereocenters. The summed E-state index contributed by atoms with van der Waals surface area (Å²) in [6.45, 7) is 1.98. The van der Waals surface area contributed by atoms with Crippen molar-refractivity contribution in [2.75, 3.05) is 13.7 Å². The maximum atomic E-state index is 12.4. The standard InChI is InChI=1S/C22H21ClN2O4/c1-14(21(26)24-12-11-15-3-7-18(28-2)8-4-15)29-22(27)17-5-9-19-16(13-17)6-10-20(23)25-19/h3-10,13-14H,11-12H2,1-2H3,(H,24,26). The van der Waals surface area contributed by atoms with Gasteiger partial charge in [-0.3, -0.25) is 4.79 Å². The van der Waals surface area contributed by atoms with Crippen LogP contribution in [0.25, 0.3) is 10.9 Å². The van der Waals surface area contributed by atoms with Crippen molar-refractivity contribution in [1.29, 1.82) is 0 Å². The van der Waals surface area contributed by atoms with Crippen LogP contribution in [0.4, 0.5) is 0 Å². The van der Waals surface area contributed by atoms with E-state index in [0.29, 0.717) is 29.2 Å². The van der Waals surface area contributed by atoms with Crippen LogP contribution in [-0.2, 0) is 16.0 Å². The lowest BCUT2D eigenvalue weighted by Gasteiger charge is -2.14. The first-order valence-electron chi connectivity index (χ1n) is 9.14. The van der Waals surface area contributed by atoms with Crippen LogP contribution in [0.5, 0.6) is 5.75 Å². The first-order chi connectivity index (χ1) is 14.0. The lowest BCUT2D eigenvalue weighted by molar-refractivity contribution is -0.129. The topological polar surface area (TPSA) is 77.5 Å². The minimum atomic E-state index is -0.905. The Balaban J connectivity index is 1.51. The second-order valence-corrected chi connectivity index (χ2v) is 6.87. The van der Waals surface area contributed by atoms with E-state index in [2.05, 4.69) is 10.3 Å². The molecule has 150 valence electrons. The summed E-state index contributed by atoms with van der Waals surface area (Å²) >= 11 is 5.87. The molecule has 7 heteroatoms. The van der Waals surface area contributed by atoms with Crippen molar-refractivity contribution in [3.63, 3.8) is 0 Å². The van der Waals surface area contributed by atoms with Crippen LogP contribution in [0, 0.1) is 0 Å². The van der Waals surface area contributed by atoms with E-state index in [1.165, 1.54) is 0 Å². The molecule has 3 rings (SSSR count). The van der Waals surface area contributed by atoms with Crippen LogP contribution in [0.3, 0.4) is 0 Å². The van der Waals surface area contributed by atoms with Gasteiger partial charge in [0.15, 0.2) is 6.10 Å². The third-order valence-electron chi connectivity index (χ3n) is 4.42. The molecule has 0 spiro atoms. The summed E-state index contributed by atoms with van der Waals surface area (Å²) < 4.78 is 10.4. The monoisotopic (exact) mass is 412 g/mol. The largest absolute Gasteiger partial charge is 0.497 e. The molecule has 3 aromatic rings. The average molecular weight is 413 g/mol. The van der Waals surface area contributed by atoms with Crippen molar-refractivity contribution in [3.8, 4) is 5.75 Å². The molecule has 0 bridgehead atoms. The molecule has 0 aliphatic carbocycles. The minimum Gasteiger partial charge on any atom is -0.497 e. The number of fused-ring (bicyclic) bond motifs is 1. The molecule has 2 aromatic carbocycles. The van der Waals surface area contributed by atoms with E-state index in [9.17, 15) is 9.59 Å². The van der Waals surface area contributed by atoms with Crippen molar-refractivity contribution in [2.45, 2.75) is 19.4 Å². The average Bonchev–Trinajstić information content (AvgIpc) is 2.73. The number of hydrogen-bond acceptors (Lipinski definition) is 5. The van der Waals surface area contributed by atoms with Crippen molar-refractivity contribution in [2.24, 2.45) is 0 Å². The fraction of sp³-hybridized carbons (Fsp3) is 0.227. The highest BCUT2D eigenvalue weighted by molar-refractivity contribution is 6.29. The highest BCUT2D eigenvalue weighted by Gasteiger charge is 2.19. The first-order valence-corrected chi connectivity index (χ1v) is 9.52. The zero-order valence-corrected chi connectivity index (χ0v) is 16.9. The molecular formula is C22H21ClN2O4. The molecule has 0 aliphatic heterocycles. The Morgan fingerprint density at radius 2 is 1.86 bits per heavy atom. The fourth-order valence-electron chi connectivity index (χ4n) is 2.78. The summed E-state index contributed by atoms with van der Waals surface area (Å²) in [6, 6.07) is 16.0. The van der Waals surface area contributed by atoms with Gasteiger partial charge in [-0.05, 0) is 61.4 Å². The van der Waals surface area contributed by atoms with Gasteiger partial charge < -0.3 is 14.8 Å². The van der Waals surface area contributed by atoms with Gasteiger partial charge >= 0.3 is 5.97 Å². The molecular weight excluding hydrogens is 392 g/mol.